The van der Waals surface area contributed by atoms with E-state index in [9.17, 15) is 9.59 Å². The Kier molecular flexibility index (Phi) is 8.52. The minimum absolute atomic E-state index is 0.192. The van der Waals surface area contributed by atoms with Gasteiger partial charge in [-0.25, -0.2) is 9.79 Å². The molecule has 0 spiro atoms. The van der Waals surface area contributed by atoms with E-state index in [1.165, 1.54) is 11.3 Å². The molecule has 7 nitrogen and oxygen atoms in total. The van der Waals surface area contributed by atoms with Crippen LogP contribution in [0.15, 0.2) is 125 Å². The first-order valence-electron chi connectivity index (χ1n) is 14.3. The molecule has 0 N–H and O–H groups in total. The highest BCUT2D eigenvalue weighted by Gasteiger charge is 2.35. The summed E-state index contributed by atoms with van der Waals surface area (Å²) < 4.78 is 19.4. The van der Waals surface area contributed by atoms with Crippen molar-refractivity contribution in [2.75, 3.05) is 13.7 Å². The maximum Gasteiger partial charge on any atom is 0.338 e. The Morgan fingerprint density at radius 3 is 2.27 bits per heavy atom. The molecular weight excluding hydrogens is 572 g/mol. The van der Waals surface area contributed by atoms with E-state index in [4.69, 9.17) is 19.2 Å². The SMILES string of the molecule is CCOC(=O)C1=C(c2ccccc2)N=c2s/c(=C\c3cccc(OC)c3OCc3ccccc3)c(=O)n2[C@H]1c1ccccc1. The van der Waals surface area contributed by atoms with Gasteiger partial charge in [-0.2, -0.15) is 0 Å². The highest BCUT2D eigenvalue weighted by Crippen LogP contribution is 2.35. The van der Waals surface area contributed by atoms with Crippen LogP contribution in [-0.4, -0.2) is 24.3 Å². The van der Waals surface area contributed by atoms with Crippen LogP contribution in [0.3, 0.4) is 0 Å². The Bertz CT molecular complexity index is 2000. The number of carbonyl (C=O) groups excluding carboxylic acids is 1. The third-order valence-electron chi connectivity index (χ3n) is 7.23. The van der Waals surface area contributed by atoms with E-state index in [2.05, 4.69) is 0 Å². The molecule has 5 aromatic rings. The Morgan fingerprint density at radius 1 is 0.909 bits per heavy atom. The van der Waals surface area contributed by atoms with Gasteiger partial charge in [0.25, 0.3) is 5.56 Å². The van der Waals surface area contributed by atoms with Gasteiger partial charge in [-0.05, 0) is 30.2 Å². The van der Waals surface area contributed by atoms with Gasteiger partial charge in [-0.3, -0.25) is 9.36 Å². The van der Waals surface area contributed by atoms with E-state index in [-0.39, 0.29) is 12.2 Å². The standard InChI is InChI=1S/C36H30N2O5S/c1-3-42-35(40)30-31(25-16-9-5-10-17-25)37-36-38(32(30)26-18-11-6-12-19-26)34(39)29(44-36)22-27-20-13-21-28(41-2)33(27)43-23-24-14-7-4-8-15-24/h4-22,32H,3,23H2,1-2H3/b29-22-/t32-/m0/s1. The molecule has 44 heavy (non-hydrogen) atoms. The first-order valence-corrected chi connectivity index (χ1v) is 15.1. The van der Waals surface area contributed by atoms with Crippen molar-refractivity contribution in [1.82, 2.24) is 4.57 Å². The molecule has 6 rings (SSSR count). The van der Waals surface area contributed by atoms with Gasteiger partial charge in [-0.15, -0.1) is 0 Å². The Hall–Kier alpha value is -5.21. The summed E-state index contributed by atoms with van der Waals surface area (Å²) in [5.41, 5.74) is 3.77. The molecule has 1 aliphatic rings. The van der Waals surface area contributed by atoms with Crippen LogP contribution >= 0.6 is 11.3 Å². The normalized spacial score (nSPS) is 14.5. The number of fused-ring (bicyclic) bond motifs is 1. The summed E-state index contributed by atoms with van der Waals surface area (Å²) in [6, 6.07) is 33.7. The van der Waals surface area contributed by atoms with E-state index in [1.807, 2.05) is 109 Å². The van der Waals surface area contributed by atoms with Crippen molar-refractivity contribution >= 4 is 29.1 Å². The summed E-state index contributed by atoms with van der Waals surface area (Å²) in [5, 5.41) is 0. The molecule has 0 unspecified atom stereocenters. The molecule has 0 saturated heterocycles. The van der Waals surface area contributed by atoms with Gasteiger partial charge in [0.2, 0.25) is 0 Å². The van der Waals surface area contributed by atoms with Gasteiger partial charge in [0.05, 0.1) is 35.6 Å². The van der Waals surface area contributed by atoms with Crippen LogP contribution in [0.4, 0.5) is 0 Å². The Morgan fingerprint density at radius 2 is 1.59 bits per heavy atom. The maximum absolute atomic E-state index is 14.3. The number of rotatable bonds is 9. The molecule has 0 bridgehead atoms. The second-order valence-corrected chi connectivity index (χ2v) is 11.0. The highest BCUT2D eigenvalue weighted by molar-refractivity contribution is 7.07. The molecule has 2 heterocycles. The average molecular weight is 603 g/mol. The van der Waals surface area contributed by atoms with Gasteiger partial charge in [0.1, 0.15) is 6.61 Å². The number of ether oxygens (including phenoxy) is 3. The summed E-state index contributed by atoms with van der Waals surface area (Å²) in [6.07, 6.45) is 1.80. The fourth-order valence-corrected chi connectivity index (χ4v) is 6.22. The van der Waals surface area contributed by atoms with Crippen LogP contribution < -0.4 is 24.4 Å². The van der Waals surface area contributed by atoms with Gasteiger partial charge in [0, 0.05) is 11.1 Å². The summed E-state index contributed by atoms with van der Waals surface area (Å²) in [4.78, 5) is 33.2. The van der Waals surface area contributed by atoms with Crippen LogP contribution in [0.25, 0.3) is 11.8 Å². The molecule has 0 radical (unpaired) electrons. The smallest absolute Gasteiger partial charge is 0.338 e. The van der Waals surface area contributed by atoms with Crippen LogP contribution in [-0.2, 0) is 16.1 Å². The molecule has 0 saturated carbocycles. The fourth-order valence-electron chi connectivity index (χ4n) is 5.22. The summed E-state index contributed by atoms with van der Waals surface area (Å²) in [7, 11) is 1.59. The molecule has 1 atom stereocenters. The number of hydrogen-bond donors (Lipinski definition) is 0. The lowest BCUT2D eigenvalue weighted by Gasteiger charge is -2.25. The Labute approximate surface area is 258 Å². The molecule has 0 amide bonds. The monoisotopic (exact) mass is 602 g/mol. The van der Waals surface area contributed by atoms with Crippen molar-refractivity contribution < 1.29 is 19.0 Å². The van der Waals surface area contributed by atoms with Crippen molar-refractivity contribution in [2.45, 2.75) is 19.6 Å². The van der Waals surface area contributed by atoms with Crippen LogP contribution in [0, 0.1) is 0 Å². The molecule has 1 aromatic heterocycles. The first-order chi connectivity index (χ1) is 21.6. The second kappa shape index (κ2) is 13.0. The maximum atomic E-state index is 14.3. The molecule has 4 aromatic carbocycles. The number of benzene rings is 4. The molecule has 220 valence electrons. The average Bonchev–Trinajstić information content (AvgIpc) is 3.38. The predicted octanol–water partition coefficient (Wildman–Crippen LogP) is 5.52. The number of hydrogen-bond acceptors (Lipinski definition) is 7. The van der Waals surface area contributed by atoms with Crippen LogP contribution in [0.2, 0.25) is 0 Å². The minimum Gasteiger partial charge on any atom is -0.493 e. The fraction of sp³-hybridized carbons (Fsp3) is 0.139. The highest BCUT2D eigenvalue weighted by atomic mass is 32.1. The number of aromatic nitrogens is 1. The van der Waals surface area contributed by atoms with Crippen molar-refractivity contribution in [3.8, 4) is 11.5 Å². The summed E-state index contributed by atoms with van der Waals surface area (Å²) >= 11 is 1.26. The van der Waals surface area contributed by atoms with Gasteiger partial charge < -0.3 is 14.2 Å². The zero-order chi connectivity index (χ0) is 30.5. The van der Waals surface area contributed by atoms with Crippen molar-refractivity contribution in [3.63, 3.8) is 0 Å². The number of para-hydroxylation sites is 1. The van der Waals surface area contributed by atoms with Crippen LogP contribution in [0.5, 0.6) is 11.5 Å². The van der Waals surface area contributed by atoms with Crippen molar-refractivity contribution in [1.29, 1.82) is 0 Å². The topological polar surface area (TPSA) is 79.1 Å². The minimum atomic E-state index is -0.733. The number of nitrogens with zero attached hydrogens (tertiary/aromatic N) is 2. The van der Waals surface area contributed by atoms with E-state index in [0.717, 1.165) is 16.7 Å². The molecular formula is C36H30N2O5S. The van der Waals surface area contributed by atoms with E-state index in [0.29, 0.717) is 44.3 Å². The quantitative estimate of drug-likeness (QED) is 0.208. The number of methoxy groups -OCH3 is 1. The lowest BCUT2D eigenvalue weighted by atomic mass is 9.93. The number of carbonyl (C=O) groups is 1. The van der Waals surface area contributed by atoms with Crippen molar-refractivity contribution in [2.24, 2.45) is 4.99 Å². The van der Waals surface area contributed by atoms with E-state index >= 15 is 0 Å². The van der Waals surface area contributed by atoms with Crippen molar-refractivity contribution in [3.05, 3.63) is 157 Å². The zero-order valence-corrected chi connectivity index (χ0v) is 25.1. The summed E-state index contributed by atoms with van der Waals surface area (Å²) in [5.74, 6) is 0.574. The Balaban J connectivity index is 1.55. The molecule has 1 aliphatic heterocycles. The molecule has 8 heteroatoms. The van der Waals surface area contributed by atoms with Gasteiger partial charge >= 0.3 is 5.97 Å². The van der Waals surface area contributed by atoms with E-state index < -0.39 is 12.0 Å². The van der Waals surface area contributed by atoms with Gasteiger partial charge in [0.15, 0.2) is 16.3 Å². The number of thiazole rings is 1. The molecule has 0 fully saturated rings. The predicted molar refractivity (Wildman–Crippen MR) is 171 cm³/mol. The summed E-state index contributed by atoms with van der Waals surface area (Å²) in [6.45, 7) is 2.29. The largest absolute Gasteiger partial charge is 0.493 e. The third kappa shape index (κ3) is 5.72. The number of esters is 1. The van der Waals surface area contributed by atoms with Gasteiger partial charge in [-0.1, -0.05) is 114 Å². The lowest BCUT2D eigenvalue weighted by Crippen LogP contribution is -2.40. The zero-order valence-electron chi connectivity index (χ0n) is 24.3. The second-order valence-electron chi connectivity index (χ2n) is 10.00. The van der Waals surface area contributed by atoms with Crippen LogP contribution in [0.1, 0.15) is 35.2 Å². The molecule has 0 aliphatic carbocycles. The van der Waals surface area contributed by atoms with E-state index in [1.54, 1.807) is 24.7 Å². The third-order valence-corrected chi connectivity index (χ3v) is 8.21. The first kappa shape index (κ1) is 28.9. The lowest BCUT2D eigenvalue weighted by molar-refractivity contribution is -0.138.